The van der Waals surface area contributed by atoms with Crippen LogP contribution in [-0.2, 0) is 0 Å². The Hall–Kier alpha value is -2.11. The summed E-state index contributed by atoms with van der Waals surface area (Å²) < 4.78 is 5.35. The van der Waals surface area contributed by atoms with E-state index in [1.54, 1.807) is 7.11 Å². The van der Waals surface area contributed by atoms with E-state index in [9.17, 15) is 0 Å². The van der Waals surface area contributed by atoms with Gasteiger partial charge in [-0.15, -0.1) is 0 Å². The Bertz CT molecular complexity index is 731. The normalized spacial score (nSPS) is 11.9. The monoisotopic (exact) mass is 358 g/mol. The molecule has 2 aromatic rings. The van der Waals surface area contributed by atoms with E-state index in [0.717, 1.165) is 18.0 Å². The third-order valence-corrected chi connectivity index (χ3v) is 4.76. The van der Waals surface area contributed by atoms with Crippen molar-refractivity contribution in [3.8, 4) is 5.75 Å². The largest absolute Gasteiger partial charge is 0.497 e. The number of hydrogen-bond acceptors (Lipinski definition) is 2. The Morgan fingerprint density at radius 1 is 1.16 bits per heavy atom. The summed E-state index contributed by atoms with van der Waals surface area (Å²) in [5.74, 6) is 0.875. The van der Waals surface area contributed by atoms with Crippen LogP contribution in [0.5, 0.6) is 5.75 Å². The van der Waals surface area contributed by atoms with Crippen LogP contribution in [0, 0.1) is 13.8 Å². The van der Waals surface area contributed by atoms with E-state index in [-0.39, 0.29) is 6.04 Å². The Labute approximate surface area is 156 Å². The molecule has 0 saturated carbocycles. The van der Waals surface area contributed by atoms with Gasteiger partial charge in [-0.25, -0.2) is 0 Å². The fourth-order valence-electron chi connectivity index (χ4n) is 2.76. The highest BCUT2D eigenvalue weighted by Gasteiger charge is 2.18. The fourth-order valence-corrected chi connectivity index (χ4v) is 2.95. The third-order valence-electron chi connectivity index (χ3n) is 4.51. The number of thiocarbonyl (C=S) groups is 1. The van der Waals surface area contributed by atoms with Crippen molar-refractivity contribution in [2.24, 2.45) is 0 Å². The van der Waals surface area contributed by atoms with E-state index in [1.807, 2.05) is 24.3 Å². The van der Waals surface area contributed by atoms with Gasteiger partial charge in [0.15, 0.2) is 5.11 Å². The molecule has 0 radical (unpaired) electrons. The van der Waals surface area contributed by atoms with Crippen molar-refractivity contribution in [1.29, 1.82) is 0 Å². The lowest BCUT2D eigenvalue weighted by Crippen LogP contribution is -3.07. The molecule has 1 atom stereocenters. The van der Waals surface area contributed by atoms with Crippen LogP contribution in [0.2, 0.25) is 0 Å². The highest BCUT2D eigenvalue weighted by atomic mass is 32.1. The maximum absolute atomic E-state index is 5.49. The predicted molar refractivity (Wildman–Crippen MR) is 109 cm³/mol. The topological polar surface area (TPSA) is 37.7 Å². The van der Waals surface area contributed by atoms with Crippen molar-refractivity contribution < 1.29 is 9.64 Å². The number of quaternary nitrogens is 1. The molecule has 4 nitrogen and oxygen atoms in total. The second kappa shape index (κ2) is 8.83. The summed E-state index contributed by atoms with van der Waals surface area (Å²) in [5.41, 5.74) is 4.74. The molecule has 0 aliphatic carbocycles. The molecule has 2 rings (SSSR count). The van der Waals surface area contributed by atoms with Gasteiger partial charge in [0.1, 0.15) is 11.8 Å². The van der Waals surface area contributed by atoms with Crippen molar-refractivity contribution in [3.63, 3.8) is 0 Å². The van der Waals surface area contributed by atoms with E-state index >= 15 is 0 Å². The van der Waals surface area contributed by atoms with Gasteiger partial charge in [0, 0.05) is 11.3 Å². The number of ether oxygens (including phenoxy) is 1. The first kappa shape index (κ1) is 19.2. The molecule has 0 bridgehead atoms. The summed E-state index contributed by atoms with van der Waals surface area (Å²) in [5, 5.41) is 7.30. The van der Waals surface area contributed by atoms with Crippen LogP contribution in [0.4, 0.5) is 5.69 Å². The van der Waals surface area contributed by atoms with Crippen LogP contribution in [0.3, 0.4) is 0 Å². The highest BCUT2D eigenvalue weighted by Crippen LogP contribution is 2.19. The maximum Gasteiger partial charge on any atom is 0.171 e. The summed E-state index contributed by atoms with van der Waals surface area (Å²) in [4.78, 5) is 1.33. The Balaban J connectivity index is 2.03. The first-order chi connectivity index (χ1) is 11.9. The molecule has 0 fully saturated rings. The zero-order valence-corrected chi connectivity index (χ0v) is 16.5. The number of aryl methyl sites for hydroxylation is 1. The van der Waals surface area contributed by atoms with Crippen molar-refractivity contribution in [1.82, 2.24) is 5.32 Å². The number of nitrogens with one attached hydrogen (secondary N) is 3. The lowest BCUT2D eigenvalue weighted by Gasteiger charge is -2.23. The number of anilines is 1. The third kappa shape index (κ3) is 5.18. The summed E-state index contributed by atoms with van der Waals surface area (Å²) in [7, 11) is 5.98. The van der Waals surface area contributed by atoms with Crippen molar-refractivity contribution >= 4 is 23.0 Å². The van der Waals surface area contributed by atoms with Gasteiger partial charge in [0.25, 0.3) is 0 Å². The summed E-state index contributed by atoms with van der Waals surface area (Å²) in [6.07, 6.45) is 0. The molecular formula is C20H28N3OS+. The number of methoxy groups -OCH3 is 1. The van der Waals surface area contributed by atoms with Gasteiger partial charge in [0.05, 0.1) is 27.7 Å². The molecule has 0 aliphatic heterocycles. The molecule has 3 N–H and O–H groups in total. The summed E-state index contributed by atoms with van der Waals surface area (Å²) >= 11 is 5.49. The van der Waals surface area contributed by atoms with Crippen molar-refractivity contribution in [3.05, 3.63) is 59.2 Å². The standard InChI is InChI=1S/C20H27N3OS/c1-14-8-6-11-18(15(14)2)22-20(25)21-13-19(23(3)4)16-9-7-10-17(12-16)24-5/h6-12,19H,13H2,1-5H3,(H2,21,22,25)/p+1/t19-/m1/s1. The van der Waals surface area contributed by atoms with Crippen LogP contribution in [0.15, 0.2) is 42.5 Å². The van der Waals surface area contributed by atoms with Gasteiger partial charge in [-0.1, -0.05) is 24.3 Å². The van der Waals surface area contributed by atoms with Gasteiger partial charge in [-0.3, -0.25) is 0 Å². The molecule has 134 valence electrons. The summed E-state index contributed by atoms with van der Waals surface area (Å²) in [6, 6.07) is 14.7. The molecule has 0 unspecified atom stereocenters. The second-order valence-corrected chi connectivity index (χ2v) is 6.90. The maximum atomic E-state index is 5.49. The molecule has 0 amide bonds. The van der Waals surface area contributed by atoms with E-state index in [1.165, 1.54) is 21.6 Å². The van der Waals surface area contributed by atoms with Gasteiger partial charge in [-0.2, -0.15) is 0 Å². The minimum Gasteiger partial charge on any atom is -0.497 e. The molecular weight excluding hydrogens is 330 g/mol. The Kier molecular flexibility index (Phi) is 6.79. The average Bonchev–Trinajstić information content (AvgIpc) is 2.59. The van der Waals surface area contributed by atoms with Crippen molar-refractivity contribution in [2.45, 2.75) is 19.9 Å². The predicted octanol–water partition coefficient (Wildman–Crippen LogP) is 2.48. The molecule has 5 heteroatoms. The fraction of sp³-hybridized carbons (Fsp3) is 0.350. The van der Waals surface area contributed by atoms with Gasteiger partial charge in [0.2, 0.25) is 0 Å². The molecule has 0 aromatic heterocycles. The highest BCUT2D eigenvalue weighted by molar-refractivity contribution is 7.80. The smallest absolute Gasteiger partial charge is 0.171 e. The van der Waals surface area contributed by atoms with E-state index in [0.29, 0.717) is 5.11 Å². The van der Waals surface area contributed by atoms with Gasteiger partial charge >= 0.3 is 0 Å². The second-order valence-electron chi connectivity index (χ2n) is 6.49. The molecule has 2 aromatic carbocycles. The summed E-state index contributed by atoms with van der Waals surface area (Å²) in [6.45, 7) is 4.95. The van der Waals surface area contributed by atoms with Crippen LogP contribution < -0.4 is 20.3 Å². The number of benzene rings is 2. The molecule has 0 heterocycles. The molecule has 0 saturated heterocycles. The van der Waals surface area contributed by atoms with E-state index in [2.05, 4.69) is 56.8 Å². The lowest BCUT2D eigenvalue weighted by molar-refractivity contribution is -0.890. The zero-order valence-electron chi connectivity index (χ0n) is 15.6. The van der Waals surface area contributed by atoms with Gasteiger partial charge in [-0.05, 0) is 55.4 Å². The van der Waals surface area contributed by atoms with Crippen LogP contribution in [0.1, 0.15) is 22.7 Å². The first-order valence-electron chi connectivity index (χ1n) is 8.47. The van der Waals surface area contributed by atoms with Crippen LogP contribution in [-0.4, -0.2) is 32.9 Å². The number of likely N-dealkylation sites (N-methyl/N-ethyl adjacent to an activating group) is 1. The van der Waals surface area contributed by atoms with Crippen LogP contribution in [0.25, 0.3) is 0 Å². The van der Waals surface area contributed by atoms with Crippen LogP contribution >= 0.6 is 12.2 Å². The van der Waals surface area contributed by atoms with E-state index in [4.69, 9.17) is 17.0 Å². The first-order valence-corrected chi connectivity index (χ1v) is 8.88. The minimum atomic E-state index is 0.272. The van der Waals surface area contributed by atoms with Crippen molar-refractivity contribution in [2.75, 3.05) is 33.1 Å². The van der Waals surface area contributed by atoms with Gasteiger partial charge < -0.3 is 20.3 Å². The average molecular weight is 359 g/mol. The lowest BCUT2D eigenvalue weighted by atomic mass is 10.1. The Morgan fingerprint density at radius 2 is 1.88 bits per heavy atom. The zero-order chi connectivity index (χ0) is 18.4. The minimum absolute atomic E-state index is 0.272. The van der Waals surface area contributed by atoms with E-state index < -0.39 is 0 Å². The number of rotatable bonds is 6. The SMILES string of the molecule is COc1cccc([C@@H](CNC(=S)Nc2cccc(C)c2C)[NH+](C)C)c1. The molecule has 25 heavy (non-hydrogen) atoms. The molecule has 0 spiro atoms. The number of hydrogen-bond donors (Lipinski definition) is 3. The molecule has 0 aliphatic rings. The quantitative estimate of drug-likeness (QED) is 0.694. The Morgan fingerprint density at radius 3 is 2.56 bits per heavy atom.